The van der Waals surface area contributed by atoms with Crippen molar-refractivity contribution in [3.8, 4) is 23.0 Å². The summed E-state index contributed by atoms with van der Waals surface area (Å²) in [6.45, 7) is 7.99. The number of benzene rings is 3. The van der Waals surface area contributed by atoms with Gasteiger partial charge in [0.2, 0.25) is 5.75 Å². The molecule has 0 spiro atoms. The summed E-state index contributed by atoms with van der Waals surface area (Å²) in [6, 6.07) is 14.9. The number of carbonyl (C=O) groups excluding carboxylic acids is 2. The number of ether oxygens (including phenoxy) is 4. The highest BCUT2D eigenvalue weighted by Crippen LogP contribution is 2.47. The van der Waals surface area contributed by atoms with Crippen molar-refractivity contribution < 1.29 is 33.6 Å². The molecule has 1 atom stereocenters. The van der Waals surface area contributed by atoms with Crippen LogP contribution in [0.4, 0.5) is 5.69 Å². The summed E-state index contributed by atoms with van der Waals surface area (Å²) in [4.78, 5) is 28.7. The number of anilines is 1. The number of aryl methyl sites for hydroxylation is 1. The van der Waals surface area contributed by atoms with E-state index in [-0.39, 0.29) is 16.7 Å². The van der Waals surface area contributed by atoms with Gasteiger partial charge in [-0.3, -0.25) is 14.5 Å². The lowest BCUT2D eigenvalue weighted by Crippen LogP contribution is -2.29. The van der Waals surface area contributed by atoms with Gasteiger partial charge in [-0.25, -0.2) is 0 Å². The van der Waals surface area contributed by atoms with Crippen LogP contribution in [0.15, 0.2) is 60.2 Å². The molecule has 1 N–H and O–H groups in total. The van der Waals surface area contributed by atoms with Crippen LogP contribution < -0.4 is 23.8 Å². The average molecular weight is 546 g/mol. The van der Waals surface area contributed by atoms with Gasteiger partial charge in [-0.15, -0.1) is 0 Å². The van der Waals surface area contributed by atoms with E-state index in [9.17, 15) is 14.7 Å². The molecule has 1 unspecified atom stereocenters. The summed E-state index contributed by atoms with van der Waals surface area (Å²) in [5.74, 6) is -0.115. The molecule has 0 bridgehead atoms. The van der Waals surface area contributed by atoms with E-state index in [2.05, 4.69) is 0 Å². The Morgan fingerprint density at radius 2 is 1.45 bits per heavy atom. The van der Waals surface area contributed by atoms with Crippen molar-refractivity contribution >= 4 is 23.1 Å². The van der Waals surface area contributed by atoms with E-state index in [4.69, 9.17) is 18.9 Å². The van der Waals surface area contributed by atoms with E-state index >= 15 is 0 Å². The Morgan fingerprint density at radius 3 is 1.98 bits per heavy atom. The standard InChI is InChI=1S/C32H35NO7/c1-18-10-9-11-21(14-18)33-27(20-16-24(38-6)30(40-8)25(17-20)39-7)26(29(35)31(33)36)28(34)19-12-13-23(37-5)22(15-19)32(2,3)4/h9-17,27,34H,1-8H3/b28-26+. The number of amides is 1. The number of aliphatic hydroxyl groups is 1. The van der Waals surface area contributed by atoms with Gasteiger partial charge in [-0.05, 0) is 65.9 Å². The topological polar surface area (TPSA) is 94.5 Å². The fourth-order valence-electron chi connectivity index (χ4n) is 5.05. The molecule has 3 aromatic rings. The van der Waals surface area contributed by atoms with Gasteiger partial charge in [-0.1, -0.05) is 32.9 Å². The zero-order chi connectivity index (χ0) is 29.4. The van der Waals surface area contributed by atoms with Gasteiger partial charge in [0, 0.05) is 16.8 Å². The van der Waals surface area contributed by atoms with Crippen molar-refractivity contribution in [1.82, 2.24) is 0 Å². The molecule has 40 heavy (non-hydrogen) atoms. The number of nitrogens with zero attached hydrogens (tertiary/aromatic N) is 1. The molecule has 1 aliphatic rings. The Bertz CT molecular complexity index is 1470. The third-order valence-corrected chi connectivity index (χ3v) is 7.01. The summed E-state index contributed by atoms with van der Waals surface area (Å²) >= 11 is 0. The summed E-state index contributed by atoms with van der Waals surface area (Å²) < 4.78 is 22.2. The first kappa shape index (κ1) is 28.5. The zero-order valence-corrected chi connectivity index (χ0v) is 24.1. The van der Waals surface area contributed by atoms with Crippen molar-refractivity contribution in [3.05, 3.63) is 82.4 Å². The molecular formula is C32H35NO7. The van der Waals surface area contributed by atoms with Crippen LogP contribution in [0.2, 0.25) is 0 Å². The van der Waals surface area contributed by atoms with E-state index < -0.39 is 17.7 Å². The predicted octanol–water partition coefficient (Wildman–Crippen LogP) is 5.95. The maximum Gasteiger partial charge on any atom is 0.300 e. The van der Waals surface area contributed by atoms with Crippen molar-refractivity contribution in [2.45, 2.75) is 39.2 Å². The third kappa shape index (κ3) is 4.97. The summed E-state index contributed by atoms with van der Waals surface area (Å²) in [5, 5.41) is 11.7. The smallest absolute Gasteiger partial charge is 0.300 e. The number of Topliss-reactive ketones (excluding diaryl/α,β-unsaturated/α-hetero) is 1. The van der Waals surface area contributed by atoms with Gasteiger partial charge in [-0.2, -0.15) is 0 Å². The second kappa shape index (κ2) is 11.0. The molecule has 1 aliphatic heterocycles. The quantitative estimate of drug-likeness (QED) is 0.223. The minimum atomic E-state index is -0.976. The van der Waals surface area contributed by atoms with Gasteiger partial charge in [0.25, 0.3) is 11.7 Å². The van der Waals surface area contributed by atoms with Crippen molar-refractivity contribution in [3.63, 3.8) is 0 Å². The first-order valence-corrected chi connectivity index (χ1v) is 12.8. The Kier molecular flexibility index (Phi) is 7.82. The van der Waals surface area contributed by atoms with Crippen LogP contribution in [0.3, 0.4) is 0 Å². The van der Waals surface area contributed by atoms with E-state index in [0.717, 1.165) is 11.1 Å². The van der Waals surface area contributed by atoms with Crippen LogP contribution in [0.5, 0.6) is 23.0 Å². The SMILES string of the molecule is COc1ccc(/C(O)=C2\C(=O)C(=O)N(c3cccc(C)c3)C2c2cc(OC)c(OC)c(OC)c2)cc1C(C)(C)C. The molecule has 1 fully saturated rings. The highest BCUT2D eigenvalue weighted by Gasteiger charge is 2.47. The number of carbonyl (C=O) groups is 2. The lowest BCUT2D eigenvalue weighted by atomic mass is 9.84. The molecule has 1 saturated heterocycles. The van der Waals surface area contributed by atoms with Crippen LogP contribution >= 0.6 is 0 Å². The Balaban J connectivity index is 2.04. The maximum absolute atomic E-state index is 13.7. The fraction of sp³-hybridized carbons (Fsp3) is 0.312. The molecule has 0 saturated carbocycles. The van der Waals surface area contributed by atoms with Gasteiger partial charge in [0.15, 0.2) is 11.5 Å². The first-order chi connectivity index (χ1) is 19.0. The number of rotatable bonds is 7. The Hall–Kier alpha value is -4.46. The van der Waals surface area contributed by atoms with Crippen molar-refractivity contribution in [2.24, 2.45) is 0 Å². The molecule has 0 radical (unpaired) electrons. The largest absolute Gasteiger partial charge is 0.507 e. The second-order valence-corrected chi connectivity index (χ2v) is 10.6. The van der Waals surface area contributed by atoms with E-state index in [1.54, 1.807) is 43.5 Å². The molecule has 1 amide bonds. The summed E-state index contributed by atoms with van der Waals surface area (Å²) in [6.07, 6.45) is 0. The molecule has 210 valence electrons. The van der Waals surface area contributed by atoms with E-state index in [1.807, 2.05) is 45.9 Å². The van der Waals surface area contributed by atoms with Gasteiger partial charge in [0.05, 0.1) is 40.1 Å². The first-order valence-electron chi connectivity index (χ1n) is 12.8. The Labute approximate surface area is 234 Å². The summed E-state index contributed by atoms with van der Waals surface area (Å²) in [7, 11) is 6.06. The lowest BCUT2D eigenvalue weighted by molar-refractivity contribution is -0.132. The zero-order valence-electron chi connectivity index (χ0n) is 24.1. The average Bonchev–Trinajstić information content (AvgIpc) is 3.20. The van der Waals surface area contributed by atoms with Crippen LogP contribution in [0.25, 0.3) is 5.76 Å². The number of hydrogen-bond acceptors (Lipinski definition) is 7. The van der Waals surface area contributed by atoms with Crippen LogP contribution in [0, 0.1) is 6.92 Å². The number of hydrogen-bond donors (Lipinski definition) is 1. The third-order valence-electron chi connectivity index (χ3n) is 7.01. The predicted molar refractivity (Wildman–Crippen MR) is 154 cm³/mol. The second-order valence-electron chi connectivity index (χ2n) is 10.6. The van der Waals surface area contributed by atoms with Crippen LogP contribution in [-0.4, -0.2) is 45.2 Å². The molecule has 0 aliphatic carbocycles. The molecule has 8 nitrogen and oxygen atoms in total. The van der Waals surface area contributed by atoms with Crippen molar-refractivity contribution in [1.29, 1.82) is 0 Å². The summed E-state index contributed by atoms with van der Waals surface area (Å²) in [5.41, 5.74) is 2.80. The van der Waals surface area contributed by atoms with Gasteiger partial charge in [0.1, 0.15) is 11.5 Å². The maximum atomic E-state index is 13.7. The van der Waals surface area contributed by atoms with Crippen molar-refractivity contribution in [2.75, 3.05) is 33.3 Å². The van der Waals surface area contributed by atoms with Gasteiger partial charge < -0.3 is 24.1 Å². The van der Waals surface area contributed by atoms with E-state index in [0.29, 0.717) is 39.8 Å². The molecule has 4 rings (SSSR count). The number of methoxy groups -OCH3 is 4. The lowest BCUT2D eigenvalue weighted by Gasteiger charge is -2.27. The van der Waals surface area contributed by atoms with Crippen LogP contribution in [-0.2, 0) is 15.0 Å². The molecule has 1 heterocycles. The molecule has 3 aromatic carbocycles. The fourth-order valence-corrected chi connectivity index (χ4v) is 5.05. The van der Waals surface area contributed by atoms with Gasteiger partial charge >= 0.3 is 0 Å². The number of aliphatic hydroxyl groups excluding tert-OH is 1. The molecule has 0 aromatic heterocycles. The van der Waals surface area contributed by atoms with Crippen LogP contribution in [0.1, 0.15) is 49.1 Å². The highest BCUT2D eigenvalue weighted by molar-refractivity contribution is 6.51. The molecular weight excluding hydrogens is 510 g/mol. The highest BCUT2D eigenvalue weighted by atomic mass is 16.5. The molecule has 8 heteroatoms. The normalized spacial score (nSPS) is 16.7. The monoisotopic (exact) mass is 545 g/mol. The Morgan fingerprint density at radius 1 is 0.825 bits per heavy atom. The minimum Gasteiger partial charge on any atom is -0.507 e. The van der Waals surface area contributed by atoms with E-state index in [1.165, 1.54) is 26.2 Å². The minimum absolute atomic E-state index is 0.0502. The number of ketones is 1.